The Morgan fingerprint density at radius 1 is 1.50 bits per heavy atom. The molecule has 0 radical (unpaired) electrons. The Morgan fingerprint density at radius 3 is 2.93 bits per heavy atom. The summed E-state index contributed by atoms with van der Waals surface area (Å²) in [5, 5.41) is 6.30. The van der Waals surface area contributed by atoms with Crippen LogP contribution in [0.4, 0.5) is 0 Å². The highest BCUT2D eigenvalue weighted by molar-refractivity contribution is 5.81. The van der Waals surface area contributed by atoms with E-state index in [1.165, 1.54) is 12.8 Å². The van der Waals surface area contributed by atoms with Crippen molar-refractivity contribution in [1.82, 2.24) is 10.6 Å². The van der Waals surface area contributed by atoms with E-state index < -0.39 is 0 Å². The maximum absolute atomic E-state index is 11.6. The van der Waals surface area contributed by atoms with E-state index in [0.29, 0.717) is 6.04 Å². The first-order chi connectivity index (χ1) is 6.74. The van der Waals surface area contributed by atoms with Crippen LogP contribution in [0.1, 0.15) is 46.0 Å². The van der Waals surface area contributed by atoms with Crippen LogP contribution in [-0.4, -0.2) is 24.5 Å². The molecule has 1 aliphatic rings. The molecule has 0 bridgehead atoms. The molecule has 1 rings (SSSR count). The molecule has 1 saturated heterocycles. The van der Waals surface area contributed by atoms with Gasteiger partial charge in [-0.2, -0.15) is 0 Å². The molecule has 3 heteroatoms. The smallest absolute Gasteiger partial charge is 0.237 e. The lowest BCUT2D eigenvalue weighted by molar-refractivity contribution is -0.123. The molecule has 2 unspecified atom stereocenters. The largest absolute Gasteiger partial charge is 0.355 e. The fraction of sp³-hybridized carbons (Fsp3) is 0.909. The number of unbranched alkanes of at least 4 members (excludes halogenated alkanes) is 1. The second-order valence-corrected chi connectivity index (χ2v) is 4.20. The van der Waals surface area contributed by atoms with Gasteiger partial charge in [0, 0.05) is 12.6 Å². The second kappa shape index (κ2) is 6.02. The summed E-state index contributed by atoms with van der Waals surface area (Å²) in [7, 11) is 0. The maximum Gasteiger partial charge on any atom is 0.237 e. The minimum absolute atomic E-state index is 0.0515. The van der Waals surface area contributed by atoms with Crippen LogP contribution in [0.15, 0.2) is 0 Å². The minimum atomic E-state index is 0.0515. The van der Waals surface area contributed by atoms with Crippen LogP contribution >= 0.6 is 0 Å². The third-order valence-electron chi connectivity index (χ3n) is 2.76. The zero-order valence-corrected chi connectivity index (χ0v) is 9.31. The first-order valence-electron chi connectivity index (χ1n) is 5.77. The van der Waals surface area contributed by atoms with Crippen LogP contribution in [0.5, 0.6) is 0 Å². The lowest BCUT2D eigenvalue weighted by Crippen LogP contribution is -2.50. The van der Waals surface area contributed by atoms with Gasteiger partial charge in [0.1, 0.15) is 0 Å². The van der Waals surface area contributed by atoms with Gasteiger partial charge in [0.15, 0.2) is 0 Å². The Balaban J connectivity index is 2.22. The normalized spacial score (nSPS) is 27.3. The summed E-state index contributed by atoms with van der Waals surface area (Å²) in [6.45, 7) is 5.10. The van der Waals surface area contributed by atoms with E-state index in [2.05, 4.69) is 24.5 Å². The van der Waals surface area contributed by atoms with E-state index in [1.54, 1.807) is 0 Å². The Hall–Kier alpha value is -0.570. The summed E-state index contributed by atoms with van der Waals surface area (Å²) in [5.41, 5.74) is 0. The van der Waals surface area contributed by atoms with Gasteiger partial charge >= 0.3 is 0 Å². The average molecular weight is 198 g/mol. The van der Waals surface area contributed by atoms with E-state index in [0.717, 1.165) is 25.8 Å². The summed E-state index contributed by atoms with van der Waals surface area (Å²) in [6, 6.07) is 0.543. The topological polar surface area (TPSA) is 41.1 Å². The molecule has 1 heterocycles. The van der Waals surface area contributed by atoms with Gasteiger partial charge in [-0.15, -0.1) is 0 Å². The number of carbonyl (C=O) groups excluding carboxylic acids is 1. The zero-order chi connectivity index (χ0) is 10.4. The highest BCUT2D eigenvalue weighted by Crippen LogP contribution is 2.12. The molecule has 0 aromatic carbocycles. The lowest BCUT2D eigenvalue weighted by Gasteiger charge is -2.27. The van der Waals surface area contributed by atoms with Gasteiger partial charge in [0.2, 0.25) is 5.91 Å². The van der Waals surface area contributed by atoms with Crippen molar-refractivity contribution in [3.05, 3.63) is 0 Å². The van der Waals surface area contributed by atoms with Crippen molar-refractivity contribution in [1.29, 1.82) is 0 Å². The van der Waals surface area contributed by atoms with Crippen LogP contribution < -0.4 is 10.6 Å². The lowest BCUT2D eigenvalue weighted by atomic mass is 9.99. The molecule has 0 saturated carbocycles. The number of rotatable bonds is 4. The van der Waals surface area contributed by atoms with Gasteiger partial charge in [-0.05, 0) is 32.6 Å². The maximum atomic E-state index is 11.6. The summed E-state index contributed by atoms with van der Waals surface area (Å²) >= 11 is 0. The standard InChI is InChI=1S/C11H22N2O/c1-3-4-8-12-11(14)10-7-5-6-9(2)13-10/h9-10,13H,3-8H2,1-2H3,(H,12,14). The van der Waals surface area contributed by atoms with Crippen molar-refractivity contribution in [3.8, 4) is 0 Å². The molecule has 14 heavy (non-hydrogen) atoms. The second-order valence-electron chi connectivity index (χ2n) is 4.20. The van der Waals surface area contributed by atoms with E-state index in [1.807, 2.05) is 0 Å². The molecule has 1 amide bonds. The van der Waals surface area contributed by atoms with E-state index >= 15 is 0 Å². The van der Waals surface area contributed by atoms with Crippen molar-refractivity contribution in [2.24, 2.45) is 0 Å². The number of hydrogen-bond donors (Lipinski definition) is 2. The SMILES string of the molecule is CCCCNC(=O)C1CCCC(C)N1. The van der Waals surface area contributed by atoms with E-state index in [9.17, 15) is 4.79 Å². The van der Waals surface area contributed by atoms with Crippen molar-refractivity contribution in [2.75, 3.05) is 6.54 Å². The monoisotopic (exact) mass is 198 g/mol. The molecule has 0 aromatic rings. The molecular formula is C11H22N2O. The summed E-state index contributed by atoms with van der Waals surface area (Å²) in [6.07, 6.45) is 5.56. The molecule has 1 aliphatic heterocycles. The summed E-state index contributed by atoms with van der Waals surface area (Å²) in [4.78, 5) is 11.6. The minimum Gasteiger partial charge on any atom is -0.355 e. The summed E-state index contributed by atoms with van der Waals surface area (Å²) < 4.78 is 0. The fourth-order valence-electron chi connectivity index (χ4n) is 1.86. The van der Waals surface area contributed by atoms with Crippen molar-refractivity contribution >= 4 is 5.91 Å². The first-order valence-corrected chi connectivity index (χ1v) is 5.77. The average Bonchev–Trinajstić information content (AvgIpc) is 2.18. The van der Waals surface area contributed by atoms with Gasteiger partial charge in [-0.3, -0.25) is 4.79 Å². The Bertz CT molecular complexity index is 182. The Kier molecular flexibility index (Phi) is 4.94. The molecule has 0 aliphatic carbocycles. The quantitative estimate of drug-likeness (QED) is 0.671. The van der Waals surface area contributed by atoms with Gasteiger partial charge in [-0.1, -0.05) is 13.3 Å². The van der Waals surface area contributed by atoms with Crippen LogP contribution in [-0.2, 0) is 4.79 Å². The number of piperidine rings is 1. The van der Waals surface area contributed by atoms with Crippen LogP contribution in [0, 0.1) is 0 Å². The van der Waals surface area contributed by atoms with Gasteiger partial charge < -0.3 is 10.6 Å². The Morgan fingerprint density at radius 2 is 2.29 bits per heavy atom. The molecule has 0 aromatic heterocycles. The number of hydrogen-bond acceptors (Lipinski definition) is 2. The van der Waals surface area contributed by atoms with Crippen LogP contribution in [0.2, 0.25) is 0 Å². The van der Waals surface area contributed by atoms with E-state index in [-0.39, 0.29) is 11.9 Å². The van der Waals surface area contributed by atoms with Gasteiger partial charge in [-0.25, -0.2) is 0 Å². The highest BCUT2D eigenvalue weighted by Gasteiger charge is 2.23. The third-order valence-corrected chi connectivity index (χ3v) is 2.76. The number of amides is 1. The predicted molar refractivity (Wildman–Crippen MR) is 58.2 cm³/mol. The Labute approximate surface area is 86.6 Å². The van der Waals surface area contributed by atoms with E-state index in [4.69, 9.17) is 0 Å². The third kappa shape index (κ3) is 3.66. The van der Waals surface area contributed by atoms with Crippen molar-refractivity contribution in [3.63, 3.8) is 0 Å². The zero-order valence-electron chi connectivity index (χ0n) is 9.31. The predicted octanol–water partition coefficient (Wildman–Crippen LogP) is 1.43. The molecule has 2 N–H and O–H groups in total. The van der Waals surface area contributed by atoms with Gasteiger partial charge in [0.05, 0.1) is 6.04 Å². The molecule has 2 atom stereocenters. The molecule has 1 fully saturated rings. The molecule has 82 valence electrons. The number of carbonyl (C=O) groups is 1. The molecule has 3 nitrogen and oxygen atoms in total. The first kappa shape index (κ1) is 11.5. The van der Waals surface area contributed by atoms with Gasteiger partial charge in [0.25, 0.3) is 0 Å². The summed E-state index contributed by atoms with van der Waals surface area (Å²) in [5.74, 6) is 0.185. The number of nitrogens with one attached hydrogen (secondary N) is 2. The molecule has 0 spiro atoms. The van der Waals surface area contributed by atoms with Crippen molar-refractivity contribution < 1.29 is 4.79 Å². The fourth-order valence-corrected chi connectivity index (χ4v) is 1.86. The van der Waals surface area contributed by atoms with Crippen molar-refractivity contribution in [2.45, 2.75) is 58.0 Å². The highest BCUT2D eigenvalue weighted by atomic mass is 16.2. The van der Waals surface area contributed by atoms with Crippen LogP contribution in [0.3, 0.4) is 0 Å². The van der Waals surface area contributed by atoms with Crippen LogP contribution in [0.25, 0.3) is 0 Å². The molecular weight excluding hydrogens is 176 g/mol.